The molecule has 8 heteroatoms. The molecule has 2 heterocycles. The van der Waals surface area contributed by atoms with Gasteiger partial charge >= 0.3 is 0 Å². The number of methoxy groups -OCH3 is 1. The number of nitrogens with zero attached hydrogens (tertiary/aromatic N) is 3. The van der Waals surface area contributed by atoms with Gasteiger partial charge in [-0.25, -0.2) is 0 Å². The fraction of sp³-hybridized carbons (Fsp3) is 0.350. The molecule has 1 saturated heterocycles. The Morgan fingerprint density at radius 3 is 2.93 bits per heavy atom. The Morgan fingerprint density at radius 1 is 1.29 bits per heavy atom. The number of morpholine rings is 1. The molecule has 3 aromatic rings. The molecule has 28 heavy (non-hydrogen) atoms. The van der Waals surface area contributed by atoms with E-state index in [1.807, 2.05) is 12.1 Å². The predicted molar refractivity (Wildman–Crippen MR) is 102 cm³/mol. The average Bonchev–Trinajstić information content (AvgIpc) is 3.21. The van der Waals surface area contributed by atoms with E-state index in [1.54, 1.807) is 7.11 Å². The minimum atomic E-state index is -0.359. The molecule has 0 spiro atoms. The molecule has 4 rings (SSSR count). The molecule has 1 amide bonds. The van der Waals surface area contributed by atoms with Crippen molar-refractivity contribution < 1.29 is 18.8 Å². The second-order valence-corrected chi connectivity index (χ2v) is 6.66. The Morgan fingerprint density at radius 2 is 2.11 bits per heavy atom. The van der Waals surface area contributed by atoms with Crippen molar-refractivity contribution in [3.63, 3.8) is 0 Å². The van der Waals surface area contributed by atoms with Gasteiger partial charge in [-0.3, -0.25) is 9.69 Å². The highest BCUT2D eigenvalue weighted by atomic mass is 16.5. The van der Waals surface area contributed by atoms with Crippen LogP contribution in [0.3, 0.4) is 0 Å². The van der Waals surface area contributed by atoms with E-state index in [1.165, 1.54) is 7.05 Å². The first-order valence-electron chi connectivity index (χ1n) is 9.12. The number of hydrogen-bond donors (Lipinski definition) is 1. The average molecular weight is 382 g/mol. The number of carbonyl (C=O) groups is 1. The van der Waals surface area contributed by atoms with Crippen molar-refractivity contribution in [2.24, 2.45) is 0 Å². The maximum atomic E-state index is 11.6. The predicted octanol–water partition coefficient (Wildman–Crippen LogP) is 2.16. The lowest BCUT2D eigenvalue weighted by atomic mass is 10.0. The molecule has 146 valence electrons. The maximum absolute atomic E-state index is 11.6. The topological polar surface area (TPSA) is 89.7 Å². The Balaban J connectivity index is 1.46. The smallest absolute Gasteiger partial charge is 0.292 e. The monoisotopic (exact) mass is 382 g/mol. The molecule has 0 bridgehead atoms. The Kier molecular flexibility index (Phi) is 5.23. The molecule has 0 unspecified atom stereocenters. The zero-order chi connectivity index (χ0) is 19.5. The first-order valence-corrected chi connectivity index (χ1v) is 9.12. The van der Waals surface area contributed by atoms with E-state index in [-0.39, 0.29) is 17.8 Å². The molecule has 0 saturated carbocycles. The van der Waals surface area contributed by atoms with E-state index in [2.05, 4.69) is 44.6 Å². The third-order valence-electron chi connectivity index (χ3n) is 4.85. The van der Waals surface area contributed by atoms with Crippen LogP contribution in [-0.4, -0.2) is 54.8 Å². The van der Waals surface area contributed by atoms with E-state index < -0.39 is 0 Å². The van der Waals surface area contributed by atoms with Crippen LogP contribution < -0.4 is 10.1 Å². The molecule has 1 fully saturated rings. The van der Waals surface area contributed by atoms with Crippen LogP contribution in [0.1, 0.15) is 28.2 Å². The van der Waals surface area contributed by atoms with Gasteiger partial charge in [0.25, 0.3) is 11.7 Å². The van der Waals surface area contributed by atoms with Crippen LogP contribution in [0.4, 0.5) is 0 Å². The first-order chi connectivity index (χ1) is 13.7. The van der Waals surface area contributed by atoms with Gasteiger partial charge in [0.2, 0.25) is 5.89 Å². The number of nitrogens with one attached hydrogen (secondary N) is 1. The van der Waals surface area contributed by atoms with Gasteiger partial charge in [0.1, 0.15) is 5.75 Å². The molecule has 0 radical (unpaired) electrons. The summed E-state index contributed by atoms with van der Waals surface area (Å²) in [6, 6.07) is 12.4. The van der Waals surface area contributed by atoms with Crippen LogP contribution in [0.5, 0.6) is 5.75 Å². The quantitative estimate of drug-likeness (QED) is 0.723. The molecule has 2 aromatic carbocycles. The van der Waals surface area contributed by atoms with E-state index >= 15 is 0 Å². The molecule has 1 aromatic heterocycles. The highest BCUT2D eigenvalue weighted by Gasteiger charge is 2.24. The van der Waals surface area contributed by atoms with Gasteiger partial charge in [0.05, 0.1) is 26.4 Å². The van der Waals surface area contributed by atoms with Crippen molar-refractivity contribution in [1.82, 2.24) is 20.4 Å². The number of hydrogen-bond acceptors (Lipinski definition) is 7. The summed E-state index contributed by atoms with van der Waals surface area (Å²) >= 11 is 0. The number of rotatable bonds is 5. The molecular weight excluding hydrogens is 360 g/mol. The van der Waals surface area contributed by atoms with Gasteiger partial charge in [0, 0.05) is 20.1 Å². The largest absolute Gasteiger partial charge is 0.497 e. The summed E-state index contributed by atoms with van der Waals surface area (Å²) < 4.78 is 16.5. The van der Waals surface area contributed by atoms with Gasteiger partial charge in [-0.05, 0) is 34.5 Å². The SMILES string of the molecule is CNC(=O)c1noc(CN2CCO[C@@H](c3ccc4cc(OC)ccc4c3)C2)n1. The van der Waals surface area contributed by atoms with Crippen molar-refractivity contribution in [3.05, 3.63) is 53.7 Å². The molecular formula is C20H22N4O4. The number of fused-ring (bicyclic) bond motifs is 1. The summed E-state index contributed by atoms with van der Waals surface area (Å²) in [7, 11) is 3.20. The second-order valence-electron chi connectivity index (χ2n) is 6.66. The summed E-state index contributed by atoms with van der Waals surface area (Å²) in [6.07, 6.45) is -0.0402. The molecule has 1 aliphatic heterocycles. The minimum absolute atomic E-state index is 0.0402. The first kappa shape index (κ1) is 18.4. The fourth-order valence-corrected chi connectivity index (χ4v) is 3.33. The van der Waals surface area contributed by atoms with E-state index in [4.69, 9.17) is 14.0 Å². The summed E-state index contributed by atoms with van der Waals surface area (Å²) in [5, 5.41) is 8.47. The Hall–Kier alpha value is -2.97. The molecule has 1 aliphatic rings. The van der Waals surface area contributed by atoms with Gasteiger partial charge in [0.15, 0.2) is 0 Å². The highest BCUT2D eigenvalue weighted by Crippen LogP contribution is 2.28. The van der Waals surface area contributed by atoms with Gasteiger partial charge in [-0.1, -0.05) is 23.4 Å². The minimum Gasteiger partial charge on any atom is -0.497 e. The fourth-order valence-electron chi connectivity index (χ4n) is 3.33. The normalized spacial score (nSPS) is 17.6. The number of carbonyl (C=O) groups excluding carboxylic acids is 1. The zero-order valence-electron chi connectivity index (χ0n) is 15.8. The van der Waals surface area contributed by atoms with Gasteiger partial charge in [-0.15, -0.1) is 0 Å². The van der Waals surface area contributed by atoms with Gasteiger partial charge in [-0.2, -0.15) is 4.98 Å². The van der Waals surface area contributed by atoms with Crippen molar-refractivity contribution >= 4 is 16.7 Å². The van der Waals surface area contributed by atoms with E-state index in [0.717, 1.165) is 28.6 Å². The summed E-state index contributed by atoms with van der Waals surface area (Å²) in [5.41, 5.74) is 1.12. The van der Waals surface area contributed by atoms with E-state index in [9.17, 15) is 4.79 Å². The number of amides is 1. The second kappa shape index (κ2) is 7.95. The third kappa shape index (κ3) is 3.83. The summed E-state index contributed by atoms with van der Waals surface area (Å²) in [5.74, 6) is 0.954. The van der Waals surface area contributed by atoms with Crippen LogP contribution in [0.25, 0.3) is 10.8 Å². The molecule has 1 N–H and O–H groups in total. The lowest BCUT2D eigenvalue weighted by Gasteiger charge is -2.32. The van der Waals surface area contributed by atoms with Crippen LogP contribution >= 0.6 is 0 Å². The van der Waals surface area contributed by atoms with Crippen LogP contribution in [0, 0.1) is 0 Å². The van der Waals surface area contributed by atoms with Crippen molar-refractivity contribution in [2.45, 2.75) is 12.6 Å². The molecule has 8 nitrogen and oxygen atoms in total. The zero-order valence-corrected chi connectivity index (χ0v) is 15.8. The Bertz CT molecular complexity index is 987. The maximum Gasteiger partial charge on any atom is 0.292 e. The van der Waals surface area contributed by atoms with Crippen molar-refractivity contribution in [2.75, 3.05) is 33.9 Å². The number of aromatic nitrogens is 2. The van der Waals surface area contributed by atoms with Crippen LogP contribution in [0.15, 0.2) is 40.9 Å². The van der Waals surface area contributed by atoms with Crippen LogP contribution in [0.2, 0.25) is 0 Å². The number of benzene rings is 2. The summed E-state index contributed by atoms with van der Waals surface area (Å²) in [6.45, 7) is 2.56. The molecule has 1 atom stereocenters. The van der Waals surface area contributed by atoms with Crippen LogP contribution in [-0.2, 0) is 11.3 Å². The van der Waals surface area contributed by atoms with E-state index in [0.29, 0.717) is 25.6 Å². The molecule has 0 aliphatic carbocycles. The highest BCUT2D eigenvalue weighted by molar-refractivity contribution is 5.89. The number of ether oxygens (including phenoxy) is 2. The third-order valence-corrected chi connectivity index (χ3v) is 4.85. The van der Waals surface area contributed by atoms with Crippen molar-refractivity contribution in [1.29, 1.82) is 0 Å². The lowest BCUT2D eigenvalue weighted by molar-refractivity contribution is -0.0355. The van der Waals surface area contributed by atoms with Gasteiger partial charge < -0.3 is 19.3 Å². The Labute approximate surface area is 162 Å². The summed E-state index contributed by atoms with van der Waals surface area (Å²) in [4.78, 5) is 17.9. The van der Waals surface area contributed by atoms with Crippen molar-refractivity contribution in [3.8, 4) is 5.75 Å². The standard InChI is InChI=1S/C20H22N4O4/c1-21-20(25)19-22-18(28-23-19)12-24-7-8-27-17(11-24)15-4-3-14-10-16(26-2)6-5-13(14)9-15/h3-6,9-10,17H,7-8,11-12H2,1-2H3,(H,21,25)/t17-/m1/s1. The lowest BCUT2D eigenvalue weighted by Crippen LogP contribution is -2.37.